The molecule has 1 aliphatic rings. The first kappa shape index (κ1) is 13.0. The Morgan fingerprint density at radius 2 is 2.13 bits per heavy atom. The van der Waals surface area contributed by atoms with Gasteiger partial charge in [0.1, 0.15) is 0 Å². The van der Waals surface area contributed by atoms with Crippen LogP contribution in [0.2, 0.25) is 0 Å². The average molecular weight is 213 g/mol. The number of rotatable bonds is 7. The second-order valence-electron chi connectivity index (χ2n) is 5.46. The van der Waals surface area contributed by atoms with Gasteiger partial charge in [0.15, 0.2) is 0 Å². The molecule has 0 aromatic heterocycles. The summed E-state index contributed by atoms with van der Waals surface area (Å²) in [7, 11) is 0. The first-order chi connectivity index (χ1) is 7.18. The van der Waals surface area contributed by atoms with E-state index in [0.717, 1.165) is 31.6 Å². The minimum atomic E-state index is 0.653. The van der Waals surface area contributed by atoms with Crippen LogP contribution < -0.4 is 5.32 Å². The summed E-state index contributed by atoms with van der Waals surface area (Å²) in [5.41, 5.74) is 0. The predicted molar refractivity (Wildman–Crippen MR) is 65.0 cm³/mol. The van der Waals surface area contributed by atoms with Crippen molar-refractivity contribution in [3.05, 3.63) is 0 Å². The Bertz CT molecular complexity index is 159. The lowest BCUT2D eigenvalue weighted by atomic mass is 10.1. The van der Waals surface area contributed by atoms with E-state index in [1.54, 1.807) is 0 Å². The van der Waals surface area contributed by atoms with Crippen LogP contribution in [0.3, 0.4) is 0 Å². The summed E-state index contributed by atoms with van der Waals surface area (Å²) >= 11 is 0. The molecular weight excluding hydrogens is 186 g/mol. The molecule has 1 aliphatic carbocycles. The van der Waals surface area contributed by atoms with Gasteiger partial charge in [-0.05, 0) is 37.1 Å². The van der Waals surface area contributed by atoms with Crippen LogP contribution in [0.1, 0.15) is 40.0 Å². The lowest BCUT2D eigenvalue weighted by Crippen LogP contribution is -2.25. The van der Waals surface area contributed by atoms with E-state index >= 15 is 0 Å². The van der Waals surface area contributed by atoms with Gasteiger partial charge in [-0.3, -0.25) is 0 Å². The molecule has 0 spiro atoms. The zero-order valence-corrected chi connectivity index (χ0v) is 10.6. The van der Waals surface area contributed by atoms with E-state index in [2.05, 4.69) is 26.1 Å². The van der Waals surface area contributed by atoms with E-state index in [9.17, 15) is 0 Å². The molecule has 0 saturated heterocycles. The Balaban J connectivity index is 1.85. The average Bonchev–Trinajstić information content (AvgIpc) is 2.57. The smallest absolute Gasteiger partial charge is 0.0591 e. The molecule has 0 bridgehead atoms. The highest BCUT2D eigenvalue weighted by molar-refractivity contribution is 4.74. The fraction of sp³-hybridized carbons (Fsp3) is 1.00. The summed E-state index contributed by atoms with van der Waals surface area (Å²) in [6.07, 6.45) is 4.26. The number of ether oxygens (including phenoxy) is 1. The maximum absolute atomic E-state index is 5.52. The third-order valence-corrected chi connectivity index (χ3v) is 3.11. The second kappa shape index (κ2) is 7.24. The normalized spacial score (nSPS) is 26.4. The first-order valence-corrected chi connectivity index (χ1v) is 6.47. The van der Waals surface area contributed by atoms with Crippen LogP contribution in [0.25, 0.3) is 0 Å². The van der Waals surface area contributed by atoms with E-state index in [0.29, 0.717) is 5.92 Å². The molecule has 0 heterocycles. The van der Waals surface area contributed by atoms with Crippen LogP contribution >= 0.6 is 0 Å². The van der Waals surface area contributed by atoms with Crippen molar-refractivity contribution < 1.29 is 4.74 Å². The second-order valence-corrected chi connectivity index (χ2v) is 5.46. The minimum Gasteiger partial charge on any atom is -0.380 e. The van der Waals surface area contributed by atoms with Crippen molar-refractivity contribution in [2.75, 3.05) is 26.3 Å². The predicted octanol–water partition coefficient (Wildman–Crippen LogP) is 2.68. The summed E-state index contributed by atoms with van der Waals surface area (Å²) in [6.45, 7) is 10.7. The number of hydrogen-bond acceptors (Lipinski definition) is 2. The topological polar surface area (TPSA) is 21.3 Å². The van der Waals surface area contributed by atoms with Crippen LogP contribution in [0, 0.1) is 17.8 Å². The highest BCUT2D eigenvalue weighted by Crippen LogP contribution is 2.29. The maximum Gasteiger partial charge on any atom is 0.0591 e. The van der Waals surface area contributed by atoms with Gasteiger partial charge in [-0.1, -0.05) is 27.2 Å². The zero-order valence-electron chi connectivity index (χ0n) is 10.6. The van der Waals surface area contributed by atoms with Crippen molar-refractivity contribution >= 4 is 0 Å². The molecule has 0 aromatic carbocycles. The molecule has 1 saturated carbocycles. The molecule has 2 unspecified atom stereocenters. The van der Waals surface area contributed by atoms with Crippen molar-refractivity contribution in [2.45, 2.75) is 40.0 Å². The van der Waals surface area contributed by atoms with Crippen molar-refractivity contribution in [3.8, 4) is 0 Å². The van der Waals surface area contributed by atoms with Crippen molar-refractivity contribution in [2.24, 2.45) is 17.8 Å². The van der Waals surface area contributed by atoms with E-state index in [4.69, 9.17) is 4.74 Å². The largest absolute Gasteiger partial charge is 0.380 e. The molecule has 1 rings (SSSR count). The molecule has 1 N–H and O–H groups in total. The molecule has 90 valence electrons. The van der Waals surface area contributed by atoms with Crippen molar-refractivity contribution in [1.29, 1.82) is 0 Å². The van der Waals surface area contributed by atoms with Crippen molar-refractivity contribution in [1.82, 2.24) is 5.32 Å². The van der Waals surface area contributed by atoms with Gasteiger partial charge in [0.05, 0.1) is 6.61 Å². The Kier molecular flexibility index (Phi) is 6.26. The van der Waals surface area contributed by atoms with Gasteiger partial charge in [-0.15, -0.1) is 0 Å². The van der Waals surface area contributed by atoms with Gasteiger partial charge in [-0.2, -0.15) is 0 Å². The third kappa shape index (κ3) is 6.16. The number of hydrogen-bond donors (Lipinski definition) is 1. The fourth-order valence-electron chi connectivity index (χ4n) is 2.28. The highest BCUT2D eigenvalue weighted by atomic mass is 16.5. The van der Waals surface area contributed by atoms with Gasteiger partial charge in [0.25, 0.3) is 0 Å². The van der Waals surface area contributed by atoms with Gasteiger partial charge in [-0.25, -0.2) is 0 Å². The van der Waals surface area contributed by atoms with Gasteiger partial charge >= 0.3 is 0 Å². The molecule has 2 nitrogen and oxygen atoms in total. The Morgan fingerprint density at radius 1 is 1.33 bits per heavy atom. The third-order valence-electron chi connectivity index (χ3n) is 3.11. The Hall–Kier alpha value is -0.0800. The summed E-state index contributed by atoms with van der Waals surface area (Å²) in [6, 6.07) is 0. The van der Waals surface area contributed by atoms with Crippen LogP contribution in [0.4, 0.5) is 0 Å². The molecule has 1 fully saturated rings. The maximum atomic E-state index is 5.52. The van der Waals surface area contributed by atoms with Gasteiger partial charge in [0, 0.05) is 13.2 Å². The SMILES string of the molecule is CC(C)COCCNCC1CCC(C)C1. The monoisotopic (exact) mass is 213 g/mol. The number of nitrogens with one attached hydrogen (secondary N) is 1. The summed E-state index contributed by atoms with van der Waals surface area (Å²) in [5.74, 6) is 2.53. The fourth-order valence-corrected chi connectivity index (χ4v) is 2.28. The van der Waals surface area contributed by atoms with E-state index in [1.165, 1.54) is 25.8 Å². The van der Waals surface area contributed by atoms with Crippen LogP contribution in [0.15, 0.2) is 0 Å². The Labute approximate surface area is 94.8 Å². The molecule has 2 heteroatoms. The lowest BCUT2D eigenvalue weighted by molar-refractivity contribution is 0.111. The minimum absolute atomic E-state index is 0.653. The molecule has 0 amide bonds. The highest BCUT2D eigenvalue weighted by Gasteiger charge is 2.20. The molecule has 0 aliphatic heterocycles. The van der Waals surface area contributed by atoms with Crippen molar-refractivity contribution in [3.63, 3.8) is 0 Å². The lowest BCUT2D eigenvalue weighted by Gasteiger charge is -2.11. The first-order valence-electron chi connectivity index (χ1n) is 6.47. The van der Waals surface area contributed by atoms with Crippen LogP contribution in [-0.2, 0) is 4.74 Å². The van der Waals surface area contributed by atoms with E-state index < -0.39 is 0 Å². The van der Waals surface area contributed by atoms with Crippen LogP contribution in [-0.4, -0.2) is 26.3 Å². The summed E-state index contributed by atoms with van der Waals surface area (Å²) in [5, 5.41) is 3.50. The molecule has 2 atom stereocenters. The quantitative estimate of drug-likeness (QED) is 0.657. The van der Waals surface area contributed by atoms with Gasteiger partial charge in [0.2, 0.25) is 0 Å². The van der Waals surface area contributed by atoms with Gasteiger partial charge < -0.3 is 10.1 Å². The molecular formula is C13H27NO. The molecule has 15 heavy (non-hydrogen) atoms. The summed E-state index contributed by atoms with van der Waals surface area (Å²) < 4.78 is 5.52. The van der Waals surface area contributed by atoms with E-state index in [-0.39, 0.29) is 0 Å². The van der Waals surface area contributed by atoms with Crippen LogP contribution in [0.5, 0.6) is 0 Å². The zero-order chi connectivity index (χ0) is 11.1. The molecule has 0 radical (unpaired) electrons. The standard InChI is InChI=1S/C13H27NO/c1-11(2)10-15-7-6-14-9-13-5-4-12(3)8-13/h11-14H,4-10H2,1-3H3. The molecule has 0 aromatic rings. The summed E-state index contributed by atoms with van der Waals surface area (Å²) in [4.78, 5) is 0. The Morgan fingerprint density at radius 3 is 2.73 bits per heavy atom. The van der Waals surface area contributed by atoms with E-state index in [1.807, 2.05) is 0 Å².